The van der Waals surface area contributed by atoms with Gasteiger partial charge >= 0.3 is 6.03 Å². The first-order valence-electron chi connectivity index (χ1n) is 8.45. The fraction of sp³-hybridized carbons (Fsp3) is 0.0952. The predicted molar refractivity (Wildman–Crippen MR) is 106 cm³/mol. The zero-order valence-corrected chi connectivity index (χ0v) is 15.6. The van der Waals surface area contributed by atoms with Crippen LogP contribution in [0.2, 0.25) is 5.02 Å². The zero-order chi connectivity index (χ0) is 20.1. The summed E-state index contributed by atoms with van der Waals surface area (Å²) in [6, 6.07) is 13.5. The summed E-state index contributed by atoms with van der Waals surface area (Å²) in [7, 11) is 0. The van der Waals surface area contributed by atoms with E-state index in [1.54, 1.807) is 36.4 Å². The summed E-state index contributed by atoms with van der Waals surface area (Å²) < 4.78 is 5.71. The molecule has 142 valence electrons. The van der Waals surface area contributed by atoms with Crippen LogP contribution in [0.4, 0.5) is 4.79 Å². The number of carbonyl (C=O) groups is 3. The molecule has 7 heteroatoms. The van der Waals surface area contributed by atoms with Crippen molar-refractivity contribution in [1.82, 2.24) is 10.2 Å². The number of ether oxygens (including phenoxy) is 1. The van der Waals surface area contributed by atoms with Gasteiger partial charge in [-0.1, -0.05) is 41.9 Å². The van der Waals surface area contributed by atoms with E-state index in [1.807, 2.05) is 12.1 Å². The summed E-state index contributed by atoms with van der Waals surface area (Å²) >= 11 is 5.86. The molecule has 0 radical (unpaired) electrons. The molecule has 28 heavy (non-hydrogen) atoms. The number of carbonyl (C=O) groups excluding carboxylic acids is 3. The first-order valence-corrected chi connectivity index (χ1v) is 8.83. The first-order chi connectivity index (χ1) is 13.5. The second kappa shape index (κ2) is 8.54. The van der Waals surface area contributed by atoms with Gasteiger partial charge in [-0.05, 0) is 41.5 Å². The van der Waals surface area contributed by atoms with E-state index in [1.165, 1.54) is 12.2 Å². The maximum Gasteiger partial charge on any atom is 0.331 e. The van der Waals surface area contributed by atoms with Gasteiger partial charge in [0.2, 0.25) is 0 Å². The summed E-state index contributed by atoms with van der Waals surface area (Å²) in [5, 5.41) is 2.81. The van der Waals surface area contributed by atoms with Crippen LogP contribution in [0, 0.1) is 0 Å². The summed E-state index contributed by atoms with van der Waals surface area (Å²) in [6.45, 7) is 3.91. The monoisotopic (exact) mass is 396 g/mol. The smallest absolute Gasteiger partial charge is 0.331 e. The predicted octanol–water partition coefficient (Wildman–Crippen LogP) is 3.57. The zero-order valence-electron chi connectivity index (χ0n) is 14.9. The van der Waals surface area contributed by atoms with Gasteiger partial charge in [-0.25, -0.2) is 4.79 Å². The molecular weight excluding hydrogens is 380 g/mol. The standard InChI is InChI=1S/C21H17ClN2O4/c1-2-11-24-20(26)18(19(25)23-21(24)27)12-14-5-9-17(10-6-14)28-13-15-3-7-16(22)8-4-15/h2-10,12H,1,11,13H2,(H,23,25,27)/b18-12-. The molecule has 0 aliphatic carbocycles. The number of nitrogens with zero attached hydrogens (tertiary/aromatic N) is 1. The van der Waals surface area contributed by atoms with Crippen molar-refractivity contribution in [2.24, 2.45) is 0 Å². The molecule has 1 heterocycles. The van der Waals surface area contributed by atoms with Crippen molar-refractivity contribution in [2.75, 3.05) is 6.54 Å². The second-order valence-corrected chi connectivity index (χ2v) is 6.44. The number of nitrogens with one attached hydrogen (secondary N) is 1. The van der Waals surface area contributed by atoms with Gasteiger partial charge in [-0.15, -0.1) is 6.58 Å². The van der Waals surface area contributed by atoms with Crippen LogP contribution in [0.3, 0.4) is 0 Å². The number of hydrogen-bond donors (Lipinski definition) is 1. The molecule has 1 saturated heterocycles. The van der Waals surface area contributed by atoms with E-state index >= 15 is 0 Å². The average molecular weight is 397 g/mol. The quantitative estimate of drug-likeness (QED) is 0.460. The van der Waals surface area contributed by atoms with E-state index in [2.05, 4.69) is 11.9 Å². The Kier molecular flexibility index (Phi) is 5.91. The Labute approximate surface area is 167 Å². The molecule has 6 nitrogen and oxygen atoms in total. The summed E-state index contributed by atoms with van der Waals surface area (Å²) in [5.74, 6) is -0.741. The highest BCUT2D eigenvalue weighted by Gasteiger charge is 2.34. The average Bonchev–Trinajstić information content (AvgIpc) is 2.69. The highest BCUT2D eigenvalue weighted by Crippen LogP contribution is 2.19. The van der Waals surface area contributed by atoms with E-state index in [0.717, 1.165) is 10.5 Å². The van der Waals surface area contributed by atoms with Crippen LogP contribution in [0.5, 0.6) is 5.75 Å². The van der Waals surface area contributed by atoms with Gasteiger partial charge in [0.25, 0.3) is 11.8 Å². The highest BCUT2D eigenvalue weighted by atomic mass is 35.5. The number of rotatable bonds is 6. The third-order valence-electron chi connectivity index (χ3n) is 4.01. The van der Waals surface area contributed by atoms with Gasteiger partial charge in [0.05, 0.1) is 0 Å². The van der Waals surface area contributed by atoms with Crippen LogP contribution in [-0.2, 0) is 16.2 Å². The molecule has 0 aromatic heterocycles. The normalized spacial score (nSPS) is 15.5. The second-order valence-electron chi connectivity index (χ2n) is 6.01. The lowest BCUT2D eigenvalue weighted by Crippen LogP contribution is -2.54. The third-order valence-corrected chi connectivity index (χ3v) is 4.26. The van der Waals surface area contributed by atoms with E-state index in [9.17, 15) is 14.4 Å². The molecule has 1 aliphatic rings. The Morgan fingerprint density at radius 3 is 2.36 bits per heavy atom. The van der Waals surface area contributed by atoms with Crippen molar-refractivity contribution in [3.8, 4) is 5.75 Å². The Bertz CT molecular complexity index is 949. The minimum atomic E-state index is -0.752. The summed E-state index contributed by atoms with van der Waals surface area (Å²) in [6.07, 6.45) is 2.85. The Morgan fingerprint density at radius 2 is 1.71 bits per heavy atom. The van der Waals surface area contributed by atoms with Crippen LogP contribution in [-0.4, -0.2) is 29.3 Å². The number of barbiturate groups is 1. The lowest BCUT2D eigenvalue weighted by molar-refractivity contribution is -0.129. The van der Waals surface area contributed by atoms with Crippen LogP contribution in [0.25, 0.3) is 6.08 Å². The van der Waals surface area contributed by atoms with Crippen molar-refractivity contribution in [1.29, 1.82) is 0 Å². The molecule has 2 aromatic carbocycles. The molecule has 0 unspecified atom stereocenters. The van der Waals surface area contributed by atoms with Gasteiger partial charge < -0.3 is 4.74 Å². The van der Waals surface area contributed by atoms with Crippen LogP contribution >= 0.6 is 11.6 Å². The van der Waals surface area contributed by atoms with E-state index < -0.39 is 17.8 Å². The maximum atomic E-state index is 12.4. The molecular formula is C21H17ClN2O4. The molecule has 0 bridgehead atoms. The Balaban J connectivity index is 1.70. The molecule has 2 aromatic rings. The molecule has 0 atom stereocenters. The van der Waals surface area contributed by atoms with Crippen molar-refractivity contribution < 1.29 is 19.1 Å². The molecule has 1 N–H and O–H groups in total. The van der Waals surface area contributed by atoms with Crippen LogP contribution in [0.15, 0.2) is 66.8 Å². The number of halogens is 1. The third kappa shape index (κ3) is 4.47. The Hall–Kier alpha value is -3.38. The molecule has 4 amide bonds. The van der Waals surface area contributed by atoms with Gasteiger partial charge in [-0.2, -0.15) is 0 Å². The largest absolute Gasteiger partial charge is 0.489 e. The van der Waals surface area contributed by atoms with Gasteiger partial charge in [0.15, 0.2) is 0 Å². The van der Waals surface area contributed by atoms with Crippen molar-refractivity contribution in [3.05, 3.63) is 82.9 Å². The summed E-state index contributed by atoms with van der Waals surface area (Å²) in [4.78, 5) is 37.0. The van der Waals surface area contributed by atoms with Gasteiger partial charge in [0, 0.05) is 11.6 Å². The molecule has 1 fully saturated rings. The van der Waals surface area contributed by atoms with Crippen LogP contribution < -0.4 is 10.1 Å². The van der Waals surface area contributed by atoms with Gasteiger partial charge in [0.1, 0.15) is 17.9 Å². The van der Waals surface area contributed by atoms with Crippen LogP contribution in [0.1, 0.15) is 11.1 Å². The number of amides is 4. The van der Waals surface area contributed by atoms with E-state index in [0.29, 0.717) is 22.9 Å². The SMILES string of the molecule is C=CCN1C(=O)NC(=O)/C(=C/c2ccc(OCc3ccc(Cl)cc3)cc2)C1=O. The van der Waals surface area contributed by atoms with Crippen molar-refractivity contribution in [2.45, 2.75) is 6.61 Å². The Morgan fingerprint density at radius 1 is 1.04 bits per heavy atom. The number of hydrogen-bond acceptors (Lipinski definition) is 4. The topological polar surface area (TPSA) is 75.7 Å². The maximum absolute atomic E-state index is 12.4. The fourth-order valence-corrected chi connectivity index (χ4v) is 2.69. The lowest BCUT2D eigenvalue weighted by atomic mass is 10.1. The number of imide groups is 2. The molecule has 0 saturated carbocycles. The number of urea groups is 1. The van der Waals surface area contributed by atoms with Crippen molar-refractivity contribution in [3.63, 3.8) is 0 Å². The minimum Gasteiger partial charge on any atom is -0.489 e. The van der Waals surface area contributed by atoms with E-state index in [4.69, 9.17) is 16.3 Å². The first kappa shape index (κ1) is 19.4. The van der Waals surface area contributed by atoms with Gasteiger partial charge in [-0.3, -0.25) is 19.8 Å². The lowest BCUT2D eigenvalue weighted by Gasteiger charge is -2.25. The highest BCUT2D eigenvalue weighted by molar-refractivity contribution is 6.31. The molecule has 0 spiro atoms. The van der Waals surface area contributed by atoms with E-state index in [-0.39, 0.29) is 12.1 Å². The minimum absolute atomic E-state index is 0.0206. The number of benzene rings is 2. The molecule has 3 rings (SSSR count). The fourth-order valence-electron chi connectivity index (χ4n) is 2.56. The summed E-state index contributed by atoms with van der Waals surface area (Å²) in [5.41, 5.74) is 1.49. The molecule has 1 aliphatic heterocycles. The van der Waals surface area contributed by atoms with Crippen molar-refractivity contribution >= 4 is 35.5 Å².